The van der Waals surface area contributed by atoms with Crippen LogP contribution in [0.4, 0.5) is 0 Å². The number of nitrogens with zero attached hydrogens (tertiary/aromatic N) is 1. The van der Waals surface area contributed by atoms with E-state index in [9.17, 15) is 4.79 Å². The summed E-state index contributed by atoms with van der Waals surface area (Å²) in [6.45, 7) is 2.35. The minimum Gasteiger partial charge on any atom is -0.493 e. The number of benzene rings is 1. The van der Waals surface area contributed by atoms with E-state index in [0.29, 0.717) is 23.7 Å². The van der Waals surface area contributed by atoms with Crippen LogP contribution >= 0.6 is 0 Å². The van der Waals surface area contributed by atoms with Gasteiger partial charge in [-0.15, -0.1) is 0 Å². The van der Waals surface area contributed by atoms with Gasteiger partial charge in [-0.05, 0) is 30.7 Å². The maximum atomic E-state index is 11.3. The van der Waals surface area contributed by atoms with Gasteiger partial charge < -0.3 is 14.2 Å². The molecule has 0 fully saturated rings. The van der Waals surface area contributed by atoms with Crippen molar-refractivity contribution in [3.8, 4) is 17.6 Å². The molecule has 1 aromatic rings. The van der Waals surface area contributed by atoms with Crippen LogP contribution in [0, 0.1) is 11.3 Å². The Morgan fingerprint density at radius 1 is 1.37 bits per heavy atom. The lowest BCUT2D eigenvalue weighted by Gasteiger charge is -2.09. The number of carbonyl (C=O) groups excluding carboxylic acids is 1. The Morgan fingerprint density at radius 2 is 2.11 bits per heavy atom. The van der Waals surface area contributed by atoms with Gasteiger partial charge in [0, 0.05) is 0 Å². The molecule has 0 amide bonds. The summed E-state index contributed by atoms with van der Waals surface area (Å²) in [5.74, 6) is 0.479. The van der Waals surface area contributed by atoms with Gasteiger partial charge in [0.25, 0.3) is 0 Å². The molecule has 0 heterocycles. The van der Waals surface area contributed by atoms with Gasteiger partial charge in [-0.2, -0.15) is 5.26 Å². The summed E-state index contributed by atoms with van der Waals surface area (Å²) < 4.78 is 15.1. The molecule has 0 aliphatic carbocycles. The normalized spacial score (nSPS) is 10.5. The van der Waals surface area contributed by atoms with Crippen LogP contribution in [0.3, 0.4) is 0 Å². The molecule has 0 bridgehead atoms. The molecule has 5 heteroatoms. The van der Waals surface area contributed by atoms with Crippen LogP contribution < -0.4 is 9.47 Å². The van der Waals surface area contributed by atoms with Gasteiger partial charge in [-0.1, -0.05) is 6.07 Å². The number of methoxy groups -OCH3 is 2. The number of hydrogen-bond donors (Lipinski definition) is 0. The topological polar surface area (TPSA) is 68.5 Å². The first-order chi connectivity index (χ1) is 9.15. The Balaban J connectivity index is 3.15. The summed E-state index contributed by atoms with van der Waals surface area (Å²) in [7, 11) is 2.77. The largest absolute Gasteiger partial charge is 0.493 e. The first kappa shape index (κ1) is 14.6. The zero-order valence-corrected chi connectivity index (χ0v) is 11.1. The molecular weight excluding hydrogens is 246 g/mol. The van der Waals surface area contributed by atoms with Crippen molar-refractivity contribution >= 4 is 12.0 Å². The number of rotatable bonds is 5. The molecule has 0 unspecified atom stereocenters. The maximum absolute atomic E-state index is 11.3. The first-order valence-corrected chi connectivity index (χ1v) is 5.67. The Morgan fingerprint density at radius 3 is 2.63 bits per heavy atom. The predicted molar refractivity (Wildman–Crippen MR) is 69.8 cm³/mol. The molecule has 1 aromatic carbocycles. The molecule has 0 saturated carbocycles. The number of carbonyl (C=O) groups is 1. The first-order valence-electron chi connectivity index (χ1n) is 5.67. The van der Waals surface area contributed by atoms with Gasteiger partial charge in [-0.3, -0.25) is 0 Å². The zero-order valence-electron chi connectivity index (χ0n) is 11.1. The molecule has 0 aliphatic rings. The minimum absolute atomic E-state index is 0.0740. The van der Waals surface area contributed by atoms with Crippen molar-refractivity contribution in [2.24, 2.45) is 0 Å². The van der Waals surface area contributed by atoms with Crippen molar-refractivity contribution in [1.29, 1.82) is 5.26 Å². The second-order valence-corrected chi connectivity index (χ2v) is 3.50. The third-order valence-corrected chi connectivity index (χ3v) is 2.32. The van der Waals surface area contributed by atoms with Gasteiger partial charge in [0.15, 0.2) is 11.5 Å². The minimum atomic E-state index is -0.670. The lowest BCUT2D eigenvalue weighted by molar-refractivity contribution is -0.135. The van der Waals surface area contributed by atoms with Crippen molar-refractivity contribution in [2.75, 3.05) is 20.8 Å². The lowest BCUT2D eigenvalue weighted by atomic mass is 10.1. The summed E-state index contributed by atoms with van der Waals surface area (Å²) in [6, 6.07) is 6.93. The van der Waals surface area contributed by atoms with Gasteiger partial charge in [0.05, 0.1) is 20.8 Å². The zero-order chi connectivity index (χ0) is 14.3. The van der Waals surface area contributed by atoms with Crippen LogP contribution in [0.25, 0.3) is 6.08 Å². The molecule has 5 nitrogen and oxygen atoms in total. The van der Waals surface area contributed by atoms with Crippen molar-refractivity contribution in [3.05, 3.63) is 29.3 Å². The van der Waals surface area contributed by atoms with E-state index in [0.717, 1.165) is 0 Å². The third kappa shape index (κ3) is 3.75. The van der Waals surface area contributed by atoms with Crippen molar-refractivity contribution in [2.45, 2.75) is 6.92 Å². The van der Waals surface area contributed by atoms with Crippen LogP contribution in [0.2, 0.25) is 0 Å². The van der Waals surface area contributed by atoms with Gasteiger partial charge in [0.1, 0.15) is 11.6 Å². The average Bonchev–Trinajstić information content (AvgIpc) is 2.44. The summed E-state index contributed by atoms with van der Waals surface area (Å²) in [5, 5.41) is 8.89. The van der Waals surface area contributed by atoms with Crippen LogP contribution in [-0.2, 0) is 9.53 Å². The Bertz CT molecular complexity index is 529. The van der Waals surface area contributed by atoms with Gasteiger partial charge in [0.2, 0.25) is 0 Å². The molecule has 19 heavy (non-hydrogen) atoms. The highest BCUT2D eigenvalue weighted by molar-refractivity contribution is 5.97. The quantitative estimate of drug-likeness (QED) is 0.461. The number of ether oxygens (including phenoxy) is 3. The Hall–Kier alpha value is -2.48. The van der Waals surface area contributed by atoms with Crippen LogP contribution in [0.1, 0.15) is 12.5 Å². The van der Waals surface area contributed by atoms with E-state index in [2.05, 4.69) is 4.74 Å². The summed E-state index contributed by atoms with van der Waals surface area (Å²) in [5.41, 5.74) is 0.585. The fraction of sp³-hybridized carbons (Fsp3) is 0.286. The number of nitriles is 1. The SMILES string of the molecule is CCOc1cc(/C=C(\C#N)C(=O)OC)ccc1OC. The second-order valence-electron chi connectivity index (χ2n) is 3.50. The Labute approximate surface area is 112 Å². The van der Waals surface area contributed by atoms with E-state index in [1.165, 1.54) is 13.2 Å². The molecule has 0 saturated heterocycles. The average molecular weight is 261 g/mol. The van der Waals surface area contributed by atoms with Crippen LogP contribution in [0.15, 0.2) is 23.8 Å². The van der Waals surface area contributed by atoms with E-state index < -0.39 is 5.97 Å². The maximum Gasteiger partial charge on any atom is 0.348 e. The molecular formula is C14H15NO4. The highest BCUT2D eigenvalue weighted by atomic mass is 16.5. The molecule has 0 aromatic heterocycles. The van der Waals surface area contributed by atoms with Gasteiger partial charge in [-0.25, -0.2) is 4.79 Å². The van der Waals surface area contributed by atoms with E-state index >= 15 is 0 Å². The predicted octanol–water partition coefficient (Wildman–Crippen LogP) is 2.17. The molecule has 0 atom stereocenters. The van der Waals surface area contributed by atoms with E-state index in [4.69, 9.17) is 14.7 Å². The summed E-state index contributed by atoms with van der Waals surface area (Å²) in [6.07, 6.45) is 1.44. The summed E-state index contributed by atoms with van der Waals surface area (Å²) in [4.78, 5) is 11.3. The van der Waals surface area contributed by atoms with E-state index in [1.807, 2.05) is 6.92 Å². The number of hydrogen-bond acceptors (Lipinski definition) is 5. The fourth-order valence-electron chi connectivity index (χ4n) is 1.46. The molecule has 0 radical (unpaired) electrons. The van der Waals surface area contributed by atoms with Crippen molar-refractivity contribution < 1.29 is 19.0 Å². The highest BCUT2D eigenvalue weighted by Crippen LogP contribution is 2.28. The molecule has 0 N–H and O–H groups in total. The monoisotopic (exact) mass is 261 g/mol. The third-order valence-electron chi connectivity index (χ3n) is 2.32. The van der Waals surface area contributed by atoms with Gasteiger partial charge >= 0.3 is 5.97 Å². The molecule has 0 aliphatic heterocycles. The standard InChI is InChI=1S/C14H15NO4/c1-4-19-13-8-10(5-6-12(13)17-2)7-11(9-15)14(16)18-3/h5-8H,4H2,1-3H3/b11-7+. The van der Waals surface area contributed by atoms with Crippen LogP contribution in [-0.4, -0.2) is 26.8 Å². The van der Waals surface area contributed by atoms with E-state index in [1.54, 1.807) is 31.4 Å². The molecule has 1 rings (SSSR count). The van der Waals surface area contributed by atoms with Crippen molar-refractivity contribution in [1.82, 2.24) is 0 Å². The van der Waals surface area contributed by atoms with Crippen LogP contribution in [0.5, 0.6) is 11.5 Å². The highest BCUT2D eigenvalue weighted by Gasteiger charge is 2.10. The molecule has 0 spiro atoms. The molecule has 100 valence electrons. The Kier molecular flexibility index (Phi) is 5.42. The lowest BCUT2D eigenvalue weighted by Crippen LogP contribution is -2.02. The van der Waals surface area contributed by atoms with E-state index in [-0.39, 0.29) is 5.57 Å². The van der Waals surface area contributed by atoms with Crippen molar-refractivity contribution in [3.63, 3.8) is 0 Å². The number of esters is 1. The fourth-order valence-corrected chi connectivity index (χ4v) is 1.46. The smallest absolute Gasteiger partial charge is 0.348 e. The second kappa shape index (κ2) is 7.07. The summed E-state index contributed by atoms with van der Waals surface area (Å²) >= 11 is 0.